The summed E-state index contributed by atoms with van der Waals surface area (Å²) in [7, 11) is 1.75. The van der Waals surface area contributed by atoms with E-state index >= 15 is 0 Å². The fraction of sp³-hybridized carbons (Fsp3) is 0.182. The standard InChI is InChI=1S/C11H11FN2O/c1-14-6-2-3-8-7-9(12)4-5-10(8)11(13)15/h4-5,7,14H,6H2,1H3,(H2,13,15). The molecule has 0 aromatic heterocycles. The van der Waals surface area contributed by atoms with Gasteiger partial charge in [0.25, 0.3) is 0 Å². The van der Waals surface area contributed by atoms with Crippen LogP contribution in [0.3, 0.4) is 0 Å². The number of halogens is 1. The lowest BCUT2D eigenvalue weighted by Crippen LogP contribution is -2.13. The lowest BCUT2D eigenvalue weighted by atomic mass is 10.1. The Balaban J connectivity index is 3.09. The number of carbonyl (C=O) groups is 1. The third kappa shape index (κ3) is 3.08. The molecule has 0 aliphatic carbocycles. The maximum absolute atomic E-state index is 12.9. The zero-order valence-electron chi connectivity index (χ0n) is 8.30. The Morgan fingerprint density at radius 2 is 2.33 bits per heavy atom. The molecule has 1 amide bonds. The number of benzene rings is 1. The van der Waals surface area contributed by atoms with Crippen LogP contribution in [-0.2, 0) is 0 Å². The summed E-state index contributed by atoms with van der Waals surface area (Å²) in [5.74, 6) is 4.38. The smallest absolute Gasteiger partial charge is 0.249 e. The molecule has 0 aliphatic rings. The molecule has 3 nitrogen and oxygen atoms in total. The number of nitrogens with one attached hydrogen (secondary N) is 1. The maximum Gasteiger partial charge on any atom is 0.249 e. The number of rotatable bonds is 2. The first-order valence-electron chi connectivity index (χ1n) is 4.38. The first kappa shape index (κ1) is 11.2. The van der Waals surface area contributed by atoms with Gasteiger partial charge in [0.15, 0.2) is 0 Å². The van der Waals surface area contributed by atoms with Gasteiger partial charge in [-0.25, -0.2) is 4.39 Å². The molecule has 0 bridgehead atoms. The van der Waals surface area contributed by atoms with Crippen molar-refractivity contribution in [1.82, 2.24) is 5.32 Å². The molecule has 0 saturated carbocycles. The summed E-state index contributed by atoms with van der Waals surface area (Å²) in [5, 5.41) is 2.82. The van der Waals surface area contributed by atoms with Gasteiger partial charge in [0.2, 0.25) is 5.91 Å². The minimum atomic E-state index is -0.608. The van der Waals surface area contributed by atoms with E-state index in [9.17, 15) is 9.18 Å². The summed E-state index contributed by atoms with van der Waals surface area (Å²) < 4.78 is 12.9. The van der Waals surface area contributed by atoms with Gasteiger partial charge in [0.1, 0.15) is 5.82 Å². The van der Waals surface area contributed by atoms with Crippen molar-refractivity contribution in [2.24, 2.45) is 5.73 Å². The first-order valence-corrected chi connectivity index (χ1v) is 4.38. The molecule has 1 rings (SSSR count). The highest BCUT2D eigenvalue weighted by Crippen LogP contribution is 2.09. The highest BCUT2D eigenvalue weighted by Gasteiger charge is 2.06. The molecular weight excluding hydrogens is 195 g/mol. The third-order valence-electron chi connectivity index (χ3n) is 1.74. The first-order chi connectivity index (χ1) is 7.15. The molecule has 0 unspecified atom stereocenters. The lowest BCUT2D eigenvalue weighted by Gasteiger charge is -1.99. The second-order valence-corrected chi connectivity index (χ2v) is 2.89. The Kier molecular flexibility index (Phi) is 3.83. The van der Waals surface area contributed by atoms with Crippen LogP contribution in [0.15, 0.2) is 18.2 Å². The summed E-state index contributed by atoms with van der Waals surface area (Å²) in [6.07, 6.45) is 0. The van der Waals surface area contributed by atoms with E-state index in [2.05, 4.69) is 17.2 Å². The Morgan fingerprint density at radius 3 is 2.93 bits per heavy atom. The van der Waals surface area contributed by atoms with E-state index in [-0.39, 0.29) is 5.56 Å². The van der Waals surface area contributed by atoms with Gasteiger partial charge in [-0.1, -0.05) is 11.8 Å². The Morgan fingerprint density at radius 1 is 1.60 bits per heavy atom. The molecular formula is C11H11FN2O. The maximum atomic E-state index is 12.9. The van der Waals surface area contributed by atoms with Crippen molar-refractivity contribution in [3.8, 4) is 11.8 Å². The molecule has 1 aromatic rings. The molecule has 0 aliphatic heterocycles. The van der Waals surface area contributed by atoms with E-state index in [0.717, 1.165) is 0 Å². The third-order valence-corrected chi connectivity index (χ3v) is 1.74. The Bertz CT molecular complexity index is 432. The predicted octanol–water partition coefficient (Wildman–Crippen LogP) is 0.496. The summed E-state index contributed by atoms with van der Waals surface area (Å²) in [5.41, 5.74) is 5.68. The average Bonchev–Trinajstić information content (AvgIpc) is 2.18. The molecule has 78 valence electrons. The van der Waals surface area contributed by atoms with Gasteiger partial charge in [-0.15, -0.1) is 0 Å². The normalized spacial score (nSPS) is 9.20. The summed E-state index contributed by atoms with van der Waals surface area (Å²) in [6.45, 7) is 0.467. The summed E-state index contributed by atoms with van der Waals surface area (Å²) in [4.78, 5) is 11.0. The number of hydrogen-bond donors (Lipinski definition) is 2. The van der Waals surface area contributed by atoms with E-state index in [1.54, 1.807) is 7.05 Å². The fourth-order valence-corrected chi connectivity index (χ4v) is 1.06. The van der Waals surface area contributed by atoms with Crippen molar-refractivity contribution in [1.29, 1.82) is 0 Å². The van der Waals surface area contributed by atoms with Crippen LogP contribution in [0.2, 0.25) is 0 Å². The topological polar surface area (TPSA) is 55.1 Å². The Labute approximate surface area is 87.5 Å². The SMILES string of the molecule is CNCC#Cc1cc(F)ccc1C(N)=O. The number of amides is 1. The van der Waals surface area contributed by atoms with E-state index < -0.39 is 11.7 Å². The van der Waals surface area contributed by atoms with Crippen LogP contribution in [0.5, 0.6) is 0 Å². The molecule has 0 atom stereocenters. The minimum Gasteiger partial charge on any atom is -0.366 e. The fourth-order valence-electron chi connectivity index (χ4n) is 1.06. The van der Waals surface area contributed by atoms with Gasteiger partial charge in [0.05, 0.1) is 12.1 Å². The van der Waals surface area contributed by atoms with E-state index in [0.29, 0.717) is 12.1 Å². The number of nitrogens with two attached hydrogens (primary N) is 1. The molecule has 0 saturated heterocycles. The van der Waals surface area contributed by atoms with Gasteiger partial charge < -0.3 is 11.1 Å². The molecule has 0 fully saturated rings. The average molecular weight is 206 g/mol. The molecule has 15 heavy (non-hydrogen) atoms. The van der Waals surface area contributed by atoms with E-state index in [4.69, 9.17) is 5.73 Å². The van der Waals surface area contributed by atoms with Crippen molar-refractivity contribution >= 4 is 5.91 Å². The summed E-state index contributed by atoms with van der Waals surface area (Å²) >= 11 is 0. The van der Waals surface area contributed by atoms with Crippen LogP contribution < -0.4 is 11.1 Å². The van der Waals surface area contributed by atoms with Crippen LogP contribution in [0.1, 0.15) is 15.9 Å². The molecule has 0 heterocycles. The van der Waals surface area contributed by atoms with Crippen molar-refractivity contribution in [3.05, 3.63) is 35.1 Å². The van der Waals surface area contributed by atoms with Crippen LogP contribution in [0.4, 0.5) is 4.39 Å². The van der Waals surface area contributed by atoms with Crippen LogP contribution >= 0.6 is 0 Å². The van der Waals surface area contributed by atoms with Crippen LogP contribution in [0.25, 0.3) is 0 Å². The predicted molar refractivity (Wildman–Crippen MR) is 55.7 cm³/mol. The van der Waals surface area contributed by atoms with Gasteiger partial charge >= 0.3 is 0 Å². The quantitative estimate of drug-likeness (QED) is 0.692. The highest BCUT2D eigenvalue weighted by molar-refractivity contribution is 5.95. The van der Waals surface area contributed by atoms with Crippen molar-refractivity contribution in [2.75, 3.05) is 13.6 Å². The second-order valence-electron chi connectivity index (χ2n) is 2.89. The van der Waals surface area contributed by atoms with E-state index in [1.807, 2.05) is 0 Å². The van der Waals surface area contributed by atoms with Crippen LogP contribution in [-0.4, -0.2) is 19.5 Å². The number of hydrogen-bond acceptors (Lipinski definition) is 2. The van der Waals surface area contributed by atoms with Crippen molar-refractivity contribution in [3.63, 3.8) is 0 Å². The number of carbonyl (C=O) groups excluding carboxylic acids is 1. The zero-order valence-corrected chi connectivity index (χ0v) is 8.30. The molecule has 4 heteroatoms. The molecule has 0 radical (unpaired) electrons. The number of primary amides is 1. The van der Waals surface area contributed by atoms with E-state index in [1.165, 1.54) is 18.2 Å². The lowest BCUT2D eigenvalue weighted by molar-refractivity contribution is 0.1000. The van der Waals surface area contributed by atoms with Gasteiger partial charge in [-0.3, -0.25) is 4.79 Å². The van der Waals surface area contributed by atoms with Gasteiger partial charge in [0, 0.05) is 5.56 Å². The molecule has 3 N–H and O–H groups in total. The Hall–Kier alpha value is -1.86. The van der Waals surface area contributed by atoms with Gasteiger partial charge in [-0.2, -0.15) is 0 Å². The minimum absolute atomic E-state index is 0.236. The molecule has 0 spiro atoms. The van der Waals surface area contributed by atoms with Crippen molar-refractivity contribution < 1.29 is 9.18 Å². The van der Waals surface area contributed by atoms with Crippen molar-refractivity contribution in [2.45, 2.75) is 0 Å². The largest absolute Gasteiger partial charge is 0.366 e. The van der Waals surface area contributed by atoms with Crippen LogP contribution in [0, 0.1) is 17.7 Å². The second kappa shape index (κ2) is 5.13. The zero-order chi connectivity index (χ0) is 11.3. The molecule has 1 aromatic carbocycles. The van der Waals surface area contributed by atoms with Gasteiger partial charge in [-0.05, 0) is 25.2 Å². The highest BCUT2D eigenvalue weighted by atomic mass is 19.1. The summed E-state index contributed by atoms with van der Waals surface area (Å²) in [6, 6.07) is 3.72. The monoisotopic (exact) mass is 206 g/mol.